The maximum Gasteiger partial charge on any atom is 0.472 e. The molecule has 0 aromatic rings. The first-order valence-corrected chi connectivity index (χ1v) is 24.2. The second-order valence-electron chi connectivity index (χ2n) is 15.2. The summed E-state index contributed by atoms with van der Waals surface area (Å²) in [5, 5.41) is 13.8. The minimum atomic E-state index is -4.33. The zero-order valence-electron chi connectivity index (χ0n) is 35.7. The Morgan fingerprint density at radius 1 is 0.618 bits per heavy atom. The second-order valence-corrected chi connectivity index (χ2v) is 16.7. The summed E-state index contributed by atoms with van der Waals surface area (Å²) in [7, 11) is -4.33. The largest absolute Gasteiger partial charge is 0.472 e. The normalized spacial score (nSPS) is 14.5. The molecular formula is C46H87N2O6P. The molecule has 0 saturated heterocycles. The van der Waals surface area contributed by atoms with Gasteiger partial charge in [0.2, 0.25) is 5.91 Å². The van der Waals surface area contributed by atoms with Gasteiger partial charge in [-0.1, -0.05) is 197 Å². The molecule has 3 unspecified atom stereocenters. The van der Waals surface area contributed by atoms with Crippen LogP contribution in [0.4, 0.5) is 0 Å². The first-order valence-electron chi connectivity index (χ1n) is 22.8. The highest BCUT2D eigenvalue weighted by molar-refractivity contribution is 7.47. The lowest BCUT2D eigenvalue weighted by molar-refractivity contribution is -0.123. The molecule has 5 N–H and O–H groups in total. The van der Waals surface area contributed by atoms with Crippen molar-refractivity contribution >= 4 is 13.7 Å². The van der Waals surface area contributed by atoms with Crippen molar-refractivity contribution in [2.24, 2.45) is 5.73 Å². The highest BCUT2D eigenvalue weighted by atomic mass is 31.2. The summed E-state index contributed by atoms with van der Waals surface area (Å²) in [6.45, 7) is 4.07. The maximum absolute atomic E-state index is 12.8. The van der Waals surface area contributed by atoms with Crippen molar-refractivity contribution < 1.29 is 28.4 Å². The molecule has 0 radical (unpaired) electrons. The molecule has 0 saturated carbocycles. The quantitative estimate of drug-likeness (QED) is 0.0275. The summed E-state index contributed by atoms with van der Waals surface area (Å²) in [6, 6.07) is -0.797. The minimum absolute atomic E-state index is 0.0804. The van der Waals surface area contributed by atoms with Gasteiger partial charge in [0.1, 0.15) is 0 Å². The van der Waals surface area contributed by atoms with Gasteiger partial charge < -0.3 is 21.1 Å². The molecule has 0 rings (SSSR count). The smallest absolute Gasteiger partial charge is 0.391 e. The number of nitrogens with two attached hydrogens (primary N) is 1. The molecule has 55 heavy (non-hydrogen) atoms. The number of allylic oxidation sites excluding steroid dienone is 8. The van der Waals surface area contributed by atoms with Crippen LogP contribution >= 0.6 is 7.82 Å². The van der Waals surface area contributed by atoms with Crippen LogP contribution in [-0.4, -0.2) is 47.8 Å². The molecule has 0 aliphatic rings. The third-order valence-electron chi connectivity index (χ3n) is 9.95. The first kappa shape index (κ1) is 53.5. The van der Waals surface area contributed by atoms with Crippen LogP contribution in [0, 0.1) is 0 Å². The van der Waals surface area contributed by atoms with Crippen LogP contribution < -0.4 is 11.1 Å². The summed E-state index contributed by atoms with van der Waals surface area (Å²) < 4.78 is 22.2. The van der Waals surface area contributed by atoms with Crippen LogP contribution in [0.25, 0.3) is 0 Å². The molecule has 1 amide bonds. The van der Waals surface area contributed by atoms with Gasteiger partial charge in [-0.3, -0.25) is 13.8 Å². The molecule has 3 atom stereocenters. The molecule has 0 aliphatic carbocycles. The molecule has 0 spiro atoms. The number of nitrogens with one attached hydrogen (secondary N) is 1. The van der Waals surface area contributed by atoms with Gasteiger partial charge in [-0.25, -0.2) is 4.57 Å². The van der Waals surface area contributed by atoms with Crippen molar-refractivity contribution in [1.82, 2.24) is 5.32 Å². The van der Waals surface area contributed by atoms with E-state index in [0.717, 1.165) is 57.8 Å². The lowest BCUT2D eigenvalue weighted by atomic mass is 10.0. The average molecular weight is 795 g/mol. The molecule has 0 aromatic carbocycles. The minimum Gasteiger partial charge on any atom is -0.391 e. The summed E-state index contributed by atoms with van der Waals surface area (Å²) in [5.74, 6) is -0.202. The maximum atomic E-state index is 12.8. The predicted octanol–water partition coefficient (Wildman–Crippen LogP) is 12.9. The van der Waals surface area contributed by atoms with E-state index in [1.165, 1.54) is 116 Å². The Morgan fingerprint density at radius 3 is 1.51 bits per heavy atom. The Bertz CT molecular complexity index is 1000. The van der Waals surface area contributed by atoms with E-state index in [4.69, 9.17) is 14.8 Å². The molecule has 8 nitrogen and oxygen atoms in total. The molecular weight excluding hydrogens is 707 g/mol. The fourth-order valence-electron chi connectivity index (χ4n) is 6.54. The van der Waals surface area contributed by atoms with Crippen molar-refractivity contribution in [3.63, 3.8) is 0 Å². The van der Waals surface area contributed by atoms with Crippen molar-refractivity contribution in [3.05, 3.63) is 48.6 Å². The molecule has 0 bridgehead atoms. The van der Waals surface area contributed by atoms with Crippen LogP contribution in [0.3, 0.4) is 0 Å². The number of aliphatic hydroxyl groups is 1. The van der Waals surface area contributed by atoms with Crippen LogP contribution in [0.1, 0.15) is 206 Å². The fraction of sp³-hybridized carbons (Fsp3) is 0.804. The number of hydrogen-bond donors (Lipinski definition) is 4. The lowest BCUT2D eigenvalue weighted by Crippen LogP contribution is -2.46. The number of aliphatic hydroxyl groups excluding tert-OH is 1. The van der Waals surface area contributed by atoms with Crippen LogP contribution in [0.15, 0.2) is 48.6 Å². The standard InChI is InChI=1S/C46H87N2O6P/c1-3-5-7-9-11-13-15-17-19-20-21-22-23-24-26-27-29-31-33-35-37-39-45(49)44(43-54-55(51,52)53-42-41-47)48-46(50)40-38-36-34-32-30-28-25-18-16-14-12-10-8-6-4-2/h6,8,12,14,18,25,30,32,44-45,49H,3-5,7,9-11,13,15-17,19-24,26-29,31,33-43,47H2,1-2H3,(H,48,50)(H,51,52)/b8-6-,14-12-,25-18-,32-30-. The van der Waals surface area contributed by atoms with E-state index in [1.54, 1.807) is 0 Å². The van der Waals surface area contributed by atoms with Crippen molar-refractivity contribution in [2.45, 2.75) is 219 Å². The number of carbonyl (C=O) groups excluding carboxylic acids is 1. The van der Waals surface area contributed by atoms with E-state index in [9.17, 15) is 19.4 Å². The van der Waals surface area contributed by atoms with E-state index < -0.39 is 20.0 Å². The first-order chi connectivity index (χ1) is 26.9. The van der Waals surface area contributed by atoms with Gasteiger partial charge in [-0.15, -0.1) is 0 Å². The average Bonchev–Trinajstić information content (AvgIpc) is 3.17. The van der Waals surface area contributed by atoms with Crippen molar-refractivity contribution in [1.29, 1.82) is 0 Å². The molecule has 0 heterocycles. The molecule has 9 heteroatoms. The van der Waals surface area contributed by atoms with Gasteiger partial charge in [-0.2, -0.15) is 0 Å². The number of rotatable bonds is 42. The molecule has 322 valence electrons. The predicted molar refractivity (Wildman–Crippen MR) is 235 cm³/mol. The fourth-order valence-corrected chi connectivity index (χ4v) is 7.30. The van der Waals surface area contributed by atoms with Crippen LogP contribution in [0.5, 0.6) is 0 Å². The SMILES string of the molecule is CC/C=C\C/C=C\C/C=C\C/C=C\CCCCC(=O)NC(COP(=O)(O)OCCN)C(O)CCCCCCCCCCCCCCCCCCCCCCC. The Kier molecular flexibility index (Phi) is 40.9. The number of amides is 1. The van der Waals surface area contributed by atoms with E-state index in [-0.39, 0.29) is 25.7 Å². The van der Waals surface area contributed by atoms with Gasteiger partial charge in [-0.05, 0) is 51.4 Å². The molecule has 0 aromatic heterocycles. The number of hydrogen-bond acceptors (Lipinski definition) is 6. The highest BCUT2D eigenvalue weighted by Crippen LogP contribution is 2.43. The summed E-state index contributed by atoms with van der Waals surface area (Å²) in [4.78, 5) is 22.7. The van der Waals surface area contributed by atoms with Gasteiger partial charge in [0.15, 0.2) is 0 Å². The van der Waals surface area contributed by atoms with Crippen molar-refractivity contribution in [3.8, 4) is 0 Å². The number of unbranched alkanes of at least 4 members (excludes halogenated alkanes) is 22. The Morgan fingerprint density at radius 2 is 1.05 bits per heavy atom. The van der Waals surface area contributed by atoms with E-state index in [1.807, 2.05) is 0 Å². The van der Waals surface area contributed by atoms with Gasteiger partial charge in [0, 0.05) is 13.0 Å². The van der Waals surface area contributed by atoms with Gasteiger partial charge in [0.25, 0.3) is 0 Å². The van der Waals surface area contributed by atoms with E-state index >= 15 is 0 Å². The van der Waals surface area contributed by atoms with Crippen LogP contribution in [-0.2, 0) is 18.4 Å². The van der Waals surface area contributed by atoms with Crippen molar-refractivity contribution in [2.75, 3.05) is 19.8 Å². The molecule has 0 fully saturated rings. The Balaban J connectivity index is 4.16. The van der Waals surface area contributed by atoms with E-state index in [2.05, 4.69) is 67.8 Å². The summed E-state index contributed by atoms with van der Waals surface area (Å²) in [6.07, 6.45) is 51.3. The zero-order chi connectivity index (χ0) is 40.3. The number of phosphoric ester groups is 1. The summed E-state index contributed by atoms with van der Waals surface area (Å²) >= 11 is 0. The summed E-state index contributed by atoms with van der Waals surface area (Å²) in [5.41, 5.74) is 5.38. The third-order valence-corrected chi connectivity index (χ3v) is 10.9. The zero-order valence-corrected chi connectivity index (χ0v) is 36.6. The van der Waals surface area contributed by atoms with Crippen LogP contribution in [0.2, 0.25) is 0 Å². The highest BCUT2D eigenvalue weighted by Gasteiger charge is 2.27. The van der Waals surface area contributed by atoms with Gasteiger partial charge >= 0.3 is 7.82 Å². The Labute approximate surface area is 339 Å². The third kappa shape index (κ3) is 40.5. The monoisotopic (exact) mass is 795 g/mol. The number of carbonyl (C=O) groups is 1. The molecule has 0 aliphatic heterocycles. The van der Waals surface area contributed by atoms with Gasteiger partial charge in [0.05, 0.1) is 25.4 Å². The Hall–Kier alpha value is -1.54. The topological polar surface area (TPSA) is 131 Å². The lowest BCUT2D eigenvalue weighted by Gasteiger charge is -2.25. The second kappa shape index (κ2) is 42.1. The van der Waals surface area contributed by atoms with E-state index in [0.29, 0.717) is 19.3 Å². The number of phosphoric acid groups is 1.